The van der Waals surface area contributed by atoms with Crippen LogP contribution in [-0.4, -0.2) is 19.5 Å². The molecule has 0 aliphatic carbocycles. The molecule has 0 bridgehead atoms. The molecule has 0 aliphatic heterocycles. The summed E-state index contributed by atoms with van der Waals surface area (Å²) in [5.41, 5.74) is 2.21. The number of nitrogens with zero attached hydrogens (tertiary/aromatic N) is 4. The molecular formula is C24H17ClN4O2S. The maximum Gasteiger partial charge on any atom is 0.267 e. The SMILES string of the molecule is Cc1cccnc1-n1c(SCc2ncc(-c3cccc(Cl)c3)o2)nc2ccccc2c1=O. The number of para-hydroxylation sites is 1. The summed E-state index contributed by atoms with van der Waals surface area (Å²) in [6.45, 7) is 1.92. The van der Waals surface area contributed by atoms with Crippen LogP contribution >= 0.6 is 23.4 Å². The van der Waals surface area contributed by atoms with Crippen molar-refractivity contribution in [3.05, 3.63) is 99.9 Å². The molecule has 6 nitrogen and oxygen atoms in total. The number of hydrogen-bond acceptors (Lipinski definition) is 6. The van der Waals surface area contributed by atoms with Gasteiger partial charge in [0, 0.05) is 16.8 Å². The average Bonchev–Trinajstić information content (AvgIpc) is 3.28. The van der Waals surface area contributed by atoms with Gasteiger partial charge in [0.2, 0.25) is 5.89 Å². The lowest BCUT2D eigenvalue weighted by Crippen LogP contribution is -2.23. The van der Waals surface area contributed by atoms with E-state index >= 15 is 0 Å². The fraction of sp³-hybridized carbons (Fsp3) is 0.0833. The Balaban J connectivity index is 1.53. The smallest absolute Gasteiger partial charge is 0.267 e. The molecule has 0 unspecified atom stereocenters. The molecule has 0 N–H and O–H groups in total. The third-order valence-electron chi connectivity index (χ3n) is 4.93. The molecule has 3 aromatic heterocycles. The molecule has 0 saturated carbocycles. The van der Waals surface area contributed by atoms with E-state index in [2.05, 4.69) is 9.97 Å². The van der Waals surface area contributed by atoms with E-state index < -0.39 is 0 Å². The molecule has 0 spiro atoms. The van der Waals surface area contributed by atoms with Crippen LogP contribution in [-0.2, 0) is 5.75 Å². The monoisotopic (exact) mass is 460 g/mol. The van der Waals surface area contributed by atoms with E-state index in [0.717, 1.165) is 11.1 Å². The zero-order chi connectivity index (χ0) is 22.1. The van der Waals surface area contributed by atoms with Gasteiger partial charge >= 0.3 is 0 Å². The van der Waals surface area contributed by atoms with Crippen molar-refractivity contribution < 1.29 is 4.42 Å². The van der Waals surface area contributed by atoms with Crippen molar-refractivity contribution in [2.75, 3.05) is 0 Å². The van der Waals surface area contributed by atoms with Gasteiger partial charge in [0.15, 0.2) is 10.9 Å². The summed E-state index contributed by atoms with van der Waals surface area (Å²) in [6.07, 6.45) is 3.34. The van der Waals surface area contributed by atoms with E-state index in [9.17, 15) is 4.79 Å². The molecular weight excluding hydrogens is 444 g/mol. The summed E-state index contributed by atoms with van der Waals surface area (Å²) in [6, 6.07) is 18.5. The Morgan fingerprint density at radius 3 is 2.78 bits per heavy atom. The van der Waals surface area contributed by atoms with Crippen LogP contribution in [0.3, 0.4) is 0 Å². The summed E-state index contributed by atoms with van der Waals surface area (Å²) in [5, 5.41) is 1.70. The first kappa shape index (κ1) is 20.5. The third-order valence-corrected chi connectivity index (χ3v) is 6.08. The van der Waals surface area contributed by atoms with Crippen molar-refractivity contribution in [3.8, 4) is 17.1 Å². The second-order valence-electron chi connectivity index (χ2n) is 7.11. The fourth-order valence-electron chi connectivity index (χ4n) is 3.39. The highest BCUT2D eigenvalue weighted by Gasteiger charge is 2.17. The normalized spacial score (nSPS) is 11.2. The number of aromatic nitrogens is 4. The summed E-state index contributed by atoms with van der Waals surface area (Å²) < 4.78 is 7.47. The molecule has 0 aliphatic rings. The minimum Gasteiger partial charge on any atom is -0.440 e. The molecule has 158 valence electrons. The first-order valence-electron chi connectivity index (χ1n) is 9.87. The highest BCUT2D eigenvalue weighted by atomic mass is 35.5. The van der Waals surface area contributed by atoms with Gasteiger partial charge in [0.05, 0.1) is 22.9 Å². The molecule has 0 radical (unpaired) electrons. The van der Waals surface area contributed by atoms with Crippen LogP contribution in [0.2, 0.25) is 5.02 Å². The lowest BCUT2D eigenvalue weighted by atomic mass is 10.2. The van der Waals surface area contributed by atoms with Gasteiger partial charge in [-0.25, -0.2) is 19.5 Å². The molecule has 0 saturated heterocycles. The van der Waals surface area contributed by atoms with Gasteiger partial charge in [0.25, 0.3) is 5.56 Å². The van der Waals surface area contributed by atoms with E-state index in [1.807, 2.05) is 61.5 Å². The molecule has 5 aromatic rings. The Labute approximate surface area is 192 Å². The summed E-state index contributed by atoms with van der Waals surface area (Å²) in [5.74, 6) is 2.12. The number of fused-ring (bicyclic) bond motifs is 1. The predicted octanol–water partition coefficient (Wildman–Crippen LogP) is 5.69. The Morgan fingerprint density at radius 1 is 1.06 bits per heavy atom. The van der Waals surface area contributed by atoms with Crippen LogP contribution in [0, 0.1) is 6.92 Å². The van der Waals surface area contributed by atoms with E-state index in [1.165, 1.54) is 11.8 Å². The zero-order valence-corrected chi connectivity index (χ0v) is 18.6. The van der Waals surface area contributed by atoms with Crippen LogP contribution in [0.15, 0.2) is 87.4 Å². The van der Waals surface area contributed by atoms with Crippen molar-refractivity contribution >= 4 is 34.3 Å². The maximum atomic E-state index is 13.4. The second kappa shape index (κ2) is 8.61. The van der Waals surface area contributed by atoms with Crippen molar-refractivity contribution in [2.24, 2.45) is 0 Å². The van der Waals surface area contributed by atoms with Gasteiger partial charge in [-0.3, -0.25) is 4.79 Å². The van der Waals surface area contributed by atoms with Gasteiger partial charge in [-0.1, -0.05) is 53.7 Å². The highest BCUT2D eigenvalue weighted by molar-refractivity contribution is 7.98. The lowest BCUT2D eigenvalue weighted by molar-refractivity contribution is 0.529. The number of benzene rings is 2. The summed E-state index contributed by atoms with van der Waals surface area (Å²) >= 11 is 7.45. The number of halogens is 1. The van der Waals surface area contributed by atoms with Crippen molar-refractivity contribution in [3.63, 3.8) is 0 Å². The Bertz CT molecular complexity index is 1500. The highest BCUT2D eigenvalue weighted by Crippen LogP contribution is 2.28. The quantitative estimate of drug-likeness (QED) is 0.248. The van der Waals surface area contributed by atoms with Gasteiger partial charge in [-0.15, -0.1) is 0 Å². The van der Waals surface area contributed by atoms with Crippen molar-refractivity contribution in [2.45, 2.75) is 17.8 Å². The summed E-state index contributed by atoms with van der Waals surface area (Å²) in [4.78, 5) is 26.9. The van der Waals surface area contributed by atoms with Crippen molar-refractivity contribution in [1.82, 2.24) is 19.5 Å². The number of hydrogen-bond donors (Lipinski definition) is 0. The Hall–Kier alpha value is -3.42. The third kappa shape index (κ3) is 3.92. The average molecular weight is 461 g/mol. The van der Waals surface area contributed by atoms with Crippen LogP contribution in [0.25, 0.3) is 28.0 Å². The van der Waals surface area contributed by atoms with Crippen LogP contribution in [0.1, 0.15) is 11.5 Å². The van der Waals surface area contributed by atoms with Gasteiger partial charge in [-0.2, -0.15) is 0 Å². The topological polar surface area (TPSA) is 73.8 Å². The van der Waals surface area contributed by atoms with Gasteiger partial charge < -0.3 is 4.42 Å². The first-order valence-corrected chi connectivity index (χ1v) is 11.2. The van der Waals surface area contributed by atoms with Crippen LogP contribution < -0.4 is 5.56 Å². The maximum absolute atomic E-state index is 13.4. The molecule has 32 heavy (non-hydrogen) atoms. The number of rotatable bonds is 5. The van der Waals surface area contributed by atoms with Crippen LogP contribution in [0.4, 0.5) is 0 Å². The van der Waals surface area contributed by atoms with Gasteiger partial charge in [0.1, 0.15) is 5.82 Å². The summed E-state index contributed by atoms with van der Waals surface area (Å²) in [7, 11) is 0. The number of thioether (sulfide) groups is 1. The standard InChI is InChI=1S/C24H17ClN4O2S/c1-15-6-5-11-26-22(15)29-23(30)18-9-2-3-10-19(18)28-24(29)32-14-21-27-13-20(31-21)16-7-4-8-17(25)12-16/h2-13H,14H2,1H3. The minimum absolute atomic E-state index is 0.160. The number of oxazole rings is 1. The Morgan fingerprint density at radius 2 is 1.94 bits per heavy atom. The first-order chi connectivity index (χ1) is 15.6. The molecule has 5 rings (SSSR count). The van der Waals surface area contributed by atoms with E-state index in [0.29, 0.717) is 44.3 Å². The van der Waals surface area contributed by atoms with Crippen molar-refractivity contribution in [1.29, 1.82) is 0 Å². The number of pyridine rings is 1. The molecule has 2 aromatic carbocycles. The van der Waals surface area contributed by atoms with E-state index in [-0.39, 0.29) is 5.56 Å². The number of aryl methyl sites for hydroxylation is 1. The predicted molar refractivity (Wildman–Crippen MR) is 126 cm³/mol. The lowest BCUT2D eigenvalue weighted by Gasteiger charge is -2.13. The van der Waals surface area contributed by atoms with E-state index in [4.69, 9.17) is 21.0 Å². The Kier molecular flexibility index (Phi) is 5.51. The van der Waals surface area contributed by atoms with Crippen LogP contribution in [0.5, 0.6) is 0 Å². The van der Waals surface area contributed by atoms with E-state index in [1.54, 1.807) is 23.0 Å². The largest absolute Gasteiger partial charge is 0.440 e. The molecule has 0 fully saturated rings. The van der Waals surface area contributed by atoms with Gasteiger partial charge in [-0.05, 0) is 42.8 Å². The zero-order valence-electron chi connectivity index (χ0n) is 17.0. The molecule has 0 atom stereocenters. The minimum atomic E-state index is -0.160. The fourth-order valence-corrected chi connectivity index (χ4v) is 4.42. The molecule has 3 heterocycles. The molecule has 8 heteroatoms. The molecule has 0 amide bonds. The second-order valence-corrected chi connectivity index (χ2v) is 8.49.